The SMILES string of the molecule is NCc1ccc(C(=O)N[C@H]2CC[C@@H](C(=O)O)C2)cc1. The molecule has 2 rings (SSSR count). The van der Waals surface area contributed by atoms with Gasteiger partial charge in [0.05, 0.1) is 5.92 Å². The van der Waals surface area contributed by atoms with Crippen LogP contribution in [0.15, 0.2) is 24.3 Å². The molecule has 102 valence electrons. The first-order chi connectivity index (χ1) is 9.10. The van der Waals surface area contributed by atoms with E-state index < -0.39 is 5.97 Å². The molecule has 0 aromatic heterocycles. The van der Waals surface area contributed by atoms with Gasteiger partial charge in [-0.2, -0.15) is 0 Å². The fourth-order valence-corrected chi connectivity index (χ4v) is 2.40. The second-order valence-corrected chi connectivity index (χ2v) is 4.92. The number of rotatable bonds is 4. The maximum Gasteiger partial charge on any atom is 0.306 e. The highest BCUT2D eigenvalue weighted by Gasteiger charge is 2.30. The van der Waals surface area contributed by atoms with Crippen molar-refractivity contribution in [3.8, 4) is 0 Å². The van der Waals surface area contributed by atoms with Gasteiger partial charge in [0.15, 0.2) is 0 Å². The largest absolute Gasteiger partial charge is 0.481 e. The third-order valence-electron chi connectivity index (χ3n) is 3.57. The average molecular weight is 262 g/mol. The van der Waals surface area contributed by atoms with Crippen LogP contribution in [0.1, 0.15) is 35.2 Å². The van der Waals surface area contributed by atoms with Crippen LogP contribution < -0.4 is 11.1 Å². The maximum absolute atomic E-state index is 12.0. The Hall–Kier alpha value is -1.88. The molecule has 1 amide bonds. The molecule has 5 heteroatoms. The molecule has 5 nitrogen and oxygen atoms in total. The number of nitrogens with two attached hydrogens (primary N) is 1. The van der Waals surface area contributed by atoms with Crippen molar-refractivity contribution in [3.63, 3.8) is 0 Å². The molecule has 1 aliphatic rings. The van der Waals surface area contributed by atoms with Crippen LogP contribution in [-0.4, -0.2) is 23.0 Å². The summed E-state index contributed by atoms with van der Waals surface area (Å²) in [6.45, 7) is 0.449. The average Bonchev–Trinajstić information content (AvgIpc) is 2.87. The smallest absolute Gasteiger partial charge is 0.306 e. The first kappa shape index (κ1) is 13.5. The van der Waals surface area contributed by atoms with Crippen molar-refractivity contribution in [3.05, 3.63) is 35.4 Å². The second-order valence-electron chi connectivity index (χ2n) is 4.92. The quantitative estimate of drug-likeness (QED) is 0.758. The van der Waals surface area contributed by atoms with Crippen molar-refractivity contribution in [1.82, 2.24) is 5.32 Å². The van der Waals surface area contributed by atoms with E-state index in [1.54, 1.807) is 12.1 Å². The number of benzene rings is 1. The normalized spacial score (nSPS) is 22.2. The van der Waals surface area contributed by atoms with Crippen molar-refractivity contribution in [2.45, 2.75) is 31.8 Å². The van der Waals surface area contributed by atoms with Crippen molar-refractivity contribution in [2.75, 3.05) is 0 Å². The minimum atomic E-state index is -0.774. The van der Waals surface area contributed by atoms with Crippen molar-refractivity contribution >= 4 is 11.9 Å². The molecule has 19 heavy (non-hydrogen) atoms. The summed E-state index contributed by atoms with van der Waals surface area (Å²) in [7, 11) is 0. The number of carboxylic acids is 1. The number of carbonyl (C=O) groups is 2. The summed E-state index contributed by atoms with van der Waals surface area (Å²) in [5.41, 5.74) is 7.05. The third-order valence-corrected chi connectivity index (χ3v) is 3.57. The minimum Gasteiger partial charge on any atom is -0.481 e. The zero-order valence-electron chi connectivity index (χ0n) is 10.6. The Labute approximate surface area is 111 Å². The van der Waals surface area contributed by atoms with Crippen LogP contribution in [0.3, 0.4) is 0 Å². The highest BCUT2D eigenvalue weighted by molar-refractivity contribution is 5.94. The molecule has 1 aliphatic carbocycles. The Morgan fingerprint density at radius 3 is 2.47 bits per heavy atom. The predicted molar refractivity (Wildman–Crippen MR) is 70.6 cm³/mol. The Balaban J connectivity index is 1.92. The molecular weight excluding hydrogens is 244 g/mol. The standard InChI is InChI=1S/C14H18N2O3/c15-8-9-1-3-10(4-2-9)13(17)16-12-6-5-11(7-12)14(18)19/h1-4,11-12H,5-8,15H2,(H,16,17)(H,18,19)/t11-,12+/m1/s1. The first-order valence-electron chi connectivity index (χ1n) is 6.43. The molecular formula is C14H18N2O3. The number of hydrogen-bond acceptors (Lipinski definition) is 3. The Kier molecular flexibility index (Phi) is 4.16. The molecule has 0 radical (unpaired) electrons. The number of aliphatic carboxylic acids is 1. The molecule has 1 aromatic rings. The highest BCUT2D eigenvalue weighted by atomic mass is 16.4. The van der Waals surface area contributed by atoms with E-state index in [9.17, 15) is 9.59 Å². The lowest BCUT2D eigenvalue weighted by atomic mass is 10.1. The molecule has 1 saturated carbocycles. The van der Waals surface area contributed by atoms with E-state index in [1.807, 2.05) is 12.1 Å². The van der Waals surface area contributed by atoms with E-state index in [-0.39, 0.29) is 17.9 Å². The van der Waals surface area contributed by atoms with Crippen LogP contribution in [0.25, 0.3) is 0 Å². The van der Waals surface area contributed by atoms with Crippen molar-refractivity contribution in [2.24, 2.45) is 11.7 Å². The summed E-state index contributed by atoms with van der Waals surface area (Å²) in [6.07, 6.45) is 1.87. The van der Waals surface area contributed by atoms with E-state index in [0.717, 1.165) is 12.0 Å². The predicted octanol–water partition coefficient (Wildman–Crippen LogP) is 1.13. The topological polar surface area (TPSA) is 92.4 Å². The molecule has 0 heterocycles. The summed E-state index contributed by atoms with van der Waals surface area (Å²) < 4.78 is 0. The zero-order valence-corrected chi connectivity index (χ0v) is 10.6. The molecule has 2 atom stereocenters. The molecule has 0 spiro atoms. The summed E-state index contributed by atoms with van der Waals surface area (Å²) in [5, 5.41) is 11.8. The monoisotopic (exact) mass is 262 g/mol. The van der Waals surface area contributed by atoms with Gasteiger partial charge in [0, 0.05) is 18.2 Å². The van der Waals surface area contributed by atoms with Gasteiger partial charge < -0.3 is 16.2 Å². The van der Waals surface area contributed by atoms with E-state index in [1.165, 1.54) is 0 Å². The van der Waals surface area contributed by atoms with Crippen molar-refractivity contribution < 1.29 is 14.7 Å². The van der Waals surface area contributed by atoms with Gasteiger partial charge in [0.2, 0.25) is 0 Å². The summed E-state index contributed by atoms with van der Waals surface area (Å²) >= 11 is 0. The molecule has 0 unspecified atom stereocenters. The van der Waals surface area contributed by atoms with Gasteiger partial charge in [0.1, 0.15) is 0 Å². The van der Waals surface area contributed by atoms with E-state index >= 15 is 0 Å². The fraction of sp³-hybridized carbons (Fsp3) is 0.429. The van der Waals surface area contributed by atoms with Gasteiger partial charge in [-0.25, -0.2) is 0 Å². The molecule has 0 aliphatic heterocycles. The van der Waals surface area contributed by atoms with Crippen LogP contribution >= 0.6 is 0 Å². The number of carbonyl (C=O) groups excluding carboxylic acids is 1. The van der Waals surface area contributed by atoms with E-state index in [0.29, 0.717) is 24.9 Å². The number of nitrogens with one attached hydrogen (secondary N) is 1. The Morgan fingerprint density at radius 2 is 1.95 bits per heavy atom. The summed E-state index contributed by atoms with van der Waals surface area (Å²) in [4.78, 5) is 22.8. The lowest BCUT2D eigenvalue weighted by molar-refractivity contribution is -0.141. The fourth-order valence-electron chi connectivity index (χ4n) is 2.40. The molecule has 1 fully saturated rings. The molecule has 0 saturated heterocycles. The third kappa shape index (κ3) is 3.32. The van der Waals surface area contributed by atoms with Crippen LogP contribution in [0.2, 0.25) is 0 Å². The zero-order chi connectivity index (χ0) is 13.8. The van der Waals surface area contributed by atoms with Crippen molar-refractivity contribution in [1.29, 1.82) is 0 Å². The molecule has 1 aromatic carbocycles. The van der Waals surface area contributed by atoms with Gasteiger partial charge in [-0.1, -0.05) is 12.1 Å². The maximum atomic E-state index is 12.0. The number of carboxylic acid groups (broad SMARTS) is 1. The molecule has 0 bridgehead atoms. The highest BCUT2D eigenvalue weighted by Crippen LogP contribution is 2.25. The summed E-state index contributed by atoms with van der Waals surface area (Å²) in [6, 6.07) is 7.08. The Bertz CT molecular complexity index is 470. The summed E-state index contributed by atoms with van der Waals surface area (Å²) in [5.74, 6) is -1.26. The lowest BCUT2D eigenvalue weighted by Crippen LogP contribution is -2.33. The van der Waals surface area contributed by atoms with Crippen LogP contribution in [-0.2, 0) is 11.3 Å². The number of amides is 1. The second kappa shape index (κ2) is 5.84. The van der Waals surface area contributed by atoms with Gasteiger partial charge >= 0.3 is 5.97 Å². The Morgan fingerprint density at radius 1 is 1.26 bits per heavy atom. The van der Waals surface area contributed by atoms with Gasteiger partial charge in [-0.05, 0) is 37.0 Å². The van der Waals surface area contributed by atoms with Gasteiger partial charge in [0.25, 0.3) is 5.91 Å². The van der Waals surface area contributed by atoms with E-state index in [2.05, 4.69) is 5.32 Å². The minimum absolute atomic E-state index is 0.0391. The number of hydrogen-bond donors (Lipinski definition) is 3. The molecule has 4 N–H and O–H groups in total. The lowest BCUT2D eigenvalue weighted by Gasteiger charge is -2.12. The van der Waals surface area contributed by atoms with Crippen LogP contribution in [0, 0.1) is 5.92 Å². The van der Waals surface area contributed by atoms with Gasteiger partial charge in [-0.3, -0.25) is 9.59 Å². The van der Waals surface area contributed by atoms with Gasteiger partial charge in [-0.15, -0.1) is 0 Å². The van der Waals surface area contributed by atoms with E-state index in [4.69, 9.17) is 10.8 Å². The first-order valence-corrected chi connectivity index (χ1v) is 6.43. The van der Waals surface area contributed by atoms with Crippen LogP contribution in [0.5, 0.6) is 0 Å². The van der Waals surface area contributed by atoms with Crippen LogP contribution in [0.4, 0.5) is 0 Å².